The molecule has 0 aliphatic rings. The lowest BCUT2D eigenvalue weighted by atomic mass is 9.94. The number of halogens is 2. The molecule has 1 atom stereocenters. The third-order valence-electron chi connectivity index (χ3n) is 2.69. The van der Waals surface area contributed by atoms with E-state index in [1.807, 2.05) is 0 Å². The van der Waals surface area contributed by atoms with Crippen LogP contribution in [0.15, 0.2) is 16.7 Å². The number of aromatic nitrogens is 1. The summed E-state index contributed by atoms with van der Waals surface area (Å²) in [6.07, 6.45) is 2.91. The number of nitrogens with zero attached hydrogens (tertiary/aromatic N) is 1. The molecule has 0 fully saturated rings. The highest BCUT2D eigenvalue weighted by Crippen LogP contribution is 2.23. The molecule has 1 heterocycles. The van der Waals surface area contributed by atoms with Gasteiger partial charge in [0.15, 0.2) is 0 Å². The Labute approximate surface area is 127 Å². The van der Waals surface area contributed by atoms with Crippen molar-refractivity contribution >= 4 is 39.1 Å². The van der Waals surface area contributed by atoms with Crippen molar-refractivity contribution in [3.05, 3.63) is 21.9 Å². The van der Waals surface area contributed by atoms with Gasteiger partial charge in [0.25, 0.3) is 0 Å². The van der Waals surface area contributed by atoms with Crippen LogP contribution in [0.1, 0.15) is 26.7 Å². The van der Waals surface area contributed by atoms with Crippen LogP contribution in [-0.4, -0.2) is 17.4 Å². The molecule has 0 saturated heterocycles. The van der Waals surface area contributed by atoms with Crippen molar-refractivity contribution in [3.63, 3.8) is 0 Å². The van der Waals surface area contributed by atoms with Gasteiger partial charge in [-0.05, 0) is 46.8 Å². The van der Waals surface area contributed by atoms with Gasteiger partial charge < -0.3 is 11.1 Å². The average molecular weight is 349 g/mol. The zero-order valence-corrected chi connectivity index (χ0v) is 13.5. The monoisotopic (exact) mass is 347 g/mol. The maximum Gasteiger partial charge on any atom is 0.224 e. The number of hydrogen-bond acceptors (Lipinski definition) is 3. The minimum atomic E-state index is -0.0490. The van der Waals surface area contributed by atoms with Gasteiger partial charge in [-0.25, -0.2) is 4.98 Å². The van der Waals surface area contributed by atoms with Crippen LogP contribution in [0, 0.1) is 11.8 Å². The van der Waals surface area contributed by atoms with Crippen molar-refractivity contribution in [3.8, 4) is 0 Å². The Hall–Kier alpha value is -0.650. The summed E-state index contributed by atoms with van der Waals surface area (Å²) in [5, 5.41) is 3.18. The van der Waals surface area contributed by atoms with Gasteiger partial charge in [0, 0.05) is 6.42 Å². The van der Waals surface area contributed by atoms with Crippen molar-refractivity contribution < 1.29 is 4.79 Å². The molecule has 1 rings (SSSR count). The lowest BCUT2D eigenvalue weighted by Crippen LogP contribution is -2.23. The number of nitrogens with two attached hydrogens (primary N) is 1. The number of hydrogen-bond donors (Lipinski definition) is 2. The fourth-order valence-electron chi connectivity index (χ4n) is 1.89. The van der Waals surface area contributed by atoms with Gasteiger partial charge in [0.05, 0.1) is 16.4 Å². The highest BCUT2D eigenvalue weighted by molar-refractivity contribution is 9.10. The van der Waals surface area contributed by atoms with E-state index in [0.717, 1.165) is 6.42 Å². The van der Waals surface area contributed by atoms with Crippen LogP contribution in [0.25, 0.3) is 0 Å². The van der Waals surface area contributed by atoms with Gasteiger partial charge in [0.2, 0.25) is 5.91 Å². The number of carbonyl (C=O) groups is 1. The van der Waals surface area contributed by atoms with Crippen LogP contribution in [0.4, 0.5) is 5.69 Å². The highest BCUT2D eigenvalue weighted by Gasteiger charge is 2.14. The van der Waals surface area contributed by atoms with Crippen LogP contribution >= 0.6 is 27.5 Å². The highest BCUT2D eigenvalue weighted by atomic mass is 79.9. The summed E-state index contributed by atoms with van der Waals surface area (Å²) in [5.74, 6) is 0.698. The van der Waals surface area contributed by atoms with Crippen LogP contribution in [0.2, 0.25) is 5.15 Å². The average Bonchev–Trinajstić information content (AvgIpc) is 2.32. The predicted octanol–water partition coefficient (Wildman–Crippen LogP) is 3.45. The first-order valence-electron chi connectivity index (χ1n) is 6.23. The second kappa shape index (κ2) is 7.82. The minimum Gasteiger partial charge on any atom is -0.330 e. The van der Waals surface area contributed by atoms with Crippen molar-refractivity contribution in [1.29, 1.82) is 0 Å². The first-order chi connectivity index (χ1) is 8.92. The molecule has 6 heteroatoms. The molecule has 0 radical (unpaired) electrons. The smallest absolute Gasteiger partial charge is 0.224 e. The summed E-state index contributed by atoms with van der Waals surface area (Å²) >= 11 is 9.06. The molecule has 0 aromatic carbocycles. The topological polar surface area (TPSA) is 68.0 Å². The molecule has 19 heavy (non-hydrogen) atoms. The second-order valence-electron chi connectivity index (χ2n) is 4.98. The fraction of sp³-hybridized carbons (Fsp3) is 0.538. The van der Waals surface area contributed by atoms with Crippen LogP contribution < -0.4 is 11.1 Å². The summed E-state index contributed by atoms with van der Waals surface area (Å²) in [7, 11) is 0. The Balaban J connectivity index is 2.56. The molecule has 1 unspecified atom stereocenters. The van der Waals surface area contributed by atoms with Gasteiger partial charge in [-0.3, -0.25) is 4.79 Å². The van der Waals surface area contributed by atoms with Crippen LogP contribution in [-0.2, 0) is 4.79 Å². The zero-order chi connectivity index (χ0) is 14.4. The van der Waals surface area contributed by atoms with E-state index in [9.17, 15) is 4.79 Å². The van der Waals surface area contributed by atoms with Gasteiger partial charge >= 0.3 is 0 Å². The lowest BCUT2D eigenvalue weighted by Gasteiger charge is -2.16. The largest absolute Gasteiger partial charge is 0.330 e. The van der Waals surface area contributed by atoms with E-state index in [1.54, 1.807) is 6.07 Å². The summed E-state index contributed by atoms with van der Waals surface area (Å²) < 4.78 is 0.657. The molecule has 0 saturated carbocycles. The Bertz CT molecular complexity index is 440. The van der Waals surface area contributed by atoms with Crippen LogP contribution in [0.5, 0.6) is 0 Å². The molecule has 1 amide bonds. The van der Waals surface area contributed by atoms with Gasteiger partial charge in [-0.1, -0.05) is 25.4 Å². The summed E-state index contributed by atoms with van der Waals surface area (Å²) in [6, 6.07) is 1.73. The van der Waals surface area contributed by atoms with Crippen molar-refractivity contribution in [1.82, 2.24) is 4.98 Å². The Morgan fingerprint density at radius 3 is 2.79 bits per heavy atom. The third kappa shape index (κ3) is 5.89. The Kier molecular flexibility index (Phi) is 6.75. The van der Waals surface area contributed by atoms with E-state index in [2.05, 4.69) is 40.1 Å². The van der Waals surface area contributed by atoms with E-state index in [1.165, 1.54) is 6.20 Å². The van der Waals surface area contributed by atoms with Gasteiger partial charge in [0.1, 0.15) is 5.15 Å². The zero-order valence-electron chi connectivity index (χ0n) is 11.1. The molecule has 0 bridgehead atoms. The molecule has 0 aliphatic carbocycles. The standard InChI is InChI=1S/C13H19BrClN3O/c1-8(2)3-9(6-16)4-12(19)18-10-5-11(14)13(15)17-7-10/h5,7-9H,3-4,6,16H2,1-2H3,(H,18,19). The van der Waals surface area contributed by atoms with E-state index in [-0.39, 0.29) is 11.8 Å². The number of amides is 1. The normalized spacial score (nSPS) is 12.5. The Morgan fingerprint density at radius 1 is 1.58 bits per heavy atom. The molecular formula is C13H19BrClN3O. The molecule has 106 valence electrons. The Morgan fingerprint density at radius 2 is 2.26 bits per heavy atom. The first kappa shape index (κ1) is 16.4. The predicted molar refractivity (Wildman–Crippen MR) is 82.2 cm³/mol. The molecule has 1 aromatic rings. The molecule has 0 spiro atoms. The number of nitrogens with one attached hydrogen (secondary N) is 1. The molecule has 4 nitrogen and oxygen atoms in total. The van der Waals surface area contributed by atoms with Crippen molar-refractivity contribution in [2.75, 3.05) is 11.9 Å². The number of anilines is 1. The maximum absolute atomic E-state index is 11.9. The van der Waals surface area contributed by atoms with Gasteiger partial charge in [-0.15, -0.1) is 0 Å². The molecule has 0 aliphatic heterocycles. The number of rotatable bonds is 6. The maximum atomic E-state index is 11.9. The van der Waals surface area contributed by atoms with E-state index in [4.69, 9.17) is 17.3 Å². The summed E-state index contributed by atoms with van der Waals surface area (Å²) in [6.45, 7) is 4.77. The third-order valence-corrected chi connectivity index (χ3v) is 3.83. The summed E-state index contributed by atoms with van der Waals surface area (Å²) in [5.41, 5.74) is 6.32. The van der Waals surface area contributed by atoms with Crippen molar-refractivity contribution in [2.45, 2.75) is 26.7 Å². The van der Waals surface area contributed by atoms with Crippen molar-refractivity contribution in [2.24, 2.45) is 17.6 Å². The van der Waals surface area contributed by atoms with Crippen LogP contribution in [0.3, 0.4) is 0 Å². The minimum absolute atomic E-state index is 0.0490. The second-order valence-corrected chi connectivity index (χ2v) is 6.19. The molecular weight excluding hydrogens is 330 g/mol. The SMILES string of the molecule is CC(C)CC(CN)CC(=O)Nc1cnc(Cl)c(Br)c1. The number of carbonyl (C=O) groups excluding carboxylic acids is 1. The summed E-state index contributed by atoms with van der Waals surface area (Å²) in [4.78, 5) is 15.9. The molecule has 3 N–H and O–H groups in total. The number of pyridine rings is 1. The van der Waals surface area contributed by atoms with E-state index in [0.29, 0.717) is 34.2 Å². The van der Waals surface area contributed by atoms with E-state index >= 15 is 0 Å². The molecule has 1 aromatic heterocycles. The quantitative estimate of drug-likeness (QED) is 0.774. The first-order valence-corrected chi connectivity index (χ1v) is 7.40. The van der Waals surface area contributed by atoms with Gasteiger partial charge in [-0.2, -0.15) is 0 Å². The van der Waals surface area contributed by atoms with E-state index < -0.39 is 0 Å². The lowest BCUT2D eigenvalue weighted by molar-refractivity contribution is -0.117. The fourth-order valence-corrected chi connectivity index (χ4v) is 2.35.